The molecule has 0 amide bonds. The van der Waals surface area contributed by atoms with E-state index >= 15 is 0 Å². The van der Waals surface area contributed by atoms with Crippen molar-refractivity contribution in [1.29, 1.82) is 0 Å². The van der Waals surface area contributed by atoms with Crippen LogP contribution in [0.1, 0.15) is 0 Å². The summed E-state index contributed by atoms with van der Waals surface area (Å²) in [5.74, 6) is 0.0592. The molecule has 0 aromatic heterocycles. The van der Waals surface area contributed by atoms with Crippen LogP contribution < -0.4 is 10.1 Å². The molecule has 0 aliphatic rings. The van der Waals surface area contributed by atoms with Crippen LogP contribution in [0.5, 0.6) is 5.75 Å². The van der Waals surface area contributed by atoms with Crippen LogP contribution in [-0.2, 0) is 4.57 Å². The van der Waals surface area contributed by atoms with E-state index in [0.717, 1.165) is 12.1 Å². The van der Waals surface area contributed by atoms with Gasteiger partial charge in [-0.2, -0.15) is 0 Å². The molecule has 0 radical (unpaired) electrons. The topological polar surface area (TPSA) is 122 Å². The Balaban J connectivity index is 2.65. The van der Waals surface area contributed by atoms with Crippen molar-refractivity contribution in [3.05, 3.63) is 34.4 Å². The normalized spacial score (nSPS) is 11.1. The van der Waals surface area contributed by atoms with Crippen molar-refractivity contribution in [3.63, 3.8) is 0 Å². The lowest BCUT2D eigenvalue weighted by atomic mass is 10.3. The Hall–Kier alpha value is -1.47. The lowest BCUT2D eigenvalue weighted by molar-refractivity contribution is -0.384. The van der Waals surface area contributed by atoms with Gasteiger partial charge in [-0.1, -0.05) is 5.25 Å². The first-order chi connectivity index (χ1) is 6.88. The Morgan fingerprint density at radius 2 is 1.87 bits per heavy atom. The van der Waals surface area contributed by atoms with Crippen molar-refractivity contribution >= 4 is 13.4 Å². The molecule has 82 valence electrons. The zero-order valence-corrected chi connectivity index (χ0v) is 8.13. The zero-order chi connectivity index (χ0) is 11.5. The minimum absolute atomic E-state index is 0.0592. The van der Waals surface area contributed by atoms with E-state index in [9.17, 15) is 14.7 Å². The SMILES string of the molecule is O=[N+]([O-])c1ccc(ONP(=O)(O)O)cc1. The van der Waals surface area contributed by atoms with Crippen LogP contribution in [0.15, 0.2) is 24.3 Å². The summed E-state index contributed by atoms with van der Waals surface area (Å²) < 4.78 is 10.3. The number of non-ortho nitro benzene ring substituents is 1. The molecule has 0 saturated carbocycles. The average molecular weight is 234 g/mol. The van der Waals surface area contributed by atoms with E-state index in [1.165, 1.54) is 17.4 Å². The lowest BCUT2D eigenvalue weighted by Crippen LogP contribution is -2.14. The Bertz CT molecular complexity index is 399. The van der Waals surface area contributed by atoms with E-state index in [0.29, 0.717) is 0 Å². The van der Waals surface area contributed by atoms with E-state index in [1.54, 1.807) is 0 Å². The van der Waals surface area contributed by atoms with Gasteiger partial charge in [-0.05, 0) is 12.1 Å². The second-order valence-electron chi connectivity index (χ2n) is 2.49. The van der Waals surface area contributed by atoms with E-state index in [-0.39, 0.29) is 11.4 Å². The molecule has 8 nitrogen and oxygen atoms in total. The summed E-state index contributed by atoms with van der Waals surface area (Å²) in [4.78, 5) is 30.9. The van der Waals surface area contributed by atoms with Gasteiger partial charge >= 0.3 is 7.75 Å². The highest BCUT2D eigenvalue weighted by molar-refractivity contribution is 7.49. The van der Waals surface area contributed by atoms with Gasteiger partial charge in [0, 0.05) is 12.1 Å². The molecule has 1 rings (SSSR count). The third-order valence-corrected chi connectivity index (χ3v) is 1.66. The second kappa shape index (κ2) is 4.37. The van der Waals surface area contributed by atoms with Crippen LogP contribution in [-0.4, -0.2) is 14.7 Å². The van der Waals surface area contributed by atoms with Crippen LogP contribution in [0.25, 0.3) is 0 Å². The molecule has 0 saturated heterocycles. The summed E-state index contributed by atoms with van der Waals surface area (Å²) in [7, 11) is -4.47. The number of rotatable bonds is 4. The molecule has 9 heteroatoms. The van der Waals surface area contributed by atoms with E-state index < -0.39 is 12.7 Å². The number of nitro benzene ring substituents is 1. The number of nitrogens with one attached hydrogen (secondary N) is 1. The molecule has 3 N–H and O–H groups in total. The van der Waals surface area contributed by atoms with Gasteiger partial charge in [0.15, 0.2) is 0 Å². The van der Waals surface area contributed by atoms with Gasteiger partial charge in [0.2, 0.25) is 0 Å². The number of benzene rings is 1. The Morgan fingerprint density at radius 1 is 1.33 bits per heavy atom. The molecule has 15 heavy (non-hydrogen) atoms. The van der Waals surface area contributed by atoms with Crippen molar-refractivity contribution in [2.24, 2.45) is 0 Å². The third-order valence-electron chi connectivity index (χ3n) is 1.33. The fourth-order valence-corrected chi connectivity index (χ4v) is 0.972. The van der Waals surface area contributed by atoms with Gasteiger partial charge < -0.3 is 14.6 Å². The van der Waals surface area contributed by atoms with Gasteiger partial charge in [-0.25, -0.2) is 4.57 Å². The highest BCUT2D eigenvalue weighted by atomic mass is 31.2. The summed E-state index contributed by atoms with van der Waals surface area (Å²) in [5.41, 5.74) is -0.140. The first kappa shape index (κ1) is 11.6. The van der Waals surface area contributed by atoms with Crippen molar-refractivity contribution in [2.45, 2.75) is 0 Å². The second-order valence-corrected chi connectivity index (χ2v) is 3.76. The number of hydrogen-bond acceptors (Lipinski definition) is 4. The predicted octanol–water partition coefficient (Wildman–Crippen LogP) is 0.571. The highest BCUT2D eigenvalue weighted by Gasteiger charge is 2.13. The Labute approximate surface area is 83.8 Å². The third kappa shape index (κ3) is 4.05. The Kier molecular flexibility index (Phi) is 3.38. The maximum absolute atomic E-state index is 10.3. The fraction of sp³-hybridized carbons (Fsp3) is 0. The smallest absolute Gasteiger partial charge is 0.398 e. The summed E-state index contributed by atoms with van der Waals surface area (Å²) in [6, 6.07) is 4.72. The molecule has 0 fully saturated rings. The van der Waals surface area contributed by atoms with Crippen LogP contribution in [0.3, 0.4) is 0 Å². The quantitative estimate of drug-likeness (QED) is 0.395. The molecule has 0 aliphatic carbocycles. The van der Waals surface area contributed by atoms with E-state index in [1.807, 2.05) is 0 Å². The van der Waals surface area contributed by atoms with Crippen molar-refractivity contribution in [2.75, 3.05) is 0 Å². The first-order valence-electron chi connectivity index (χ1n) is 3.62. The van der Waals surface area contributed by atoms with Gasteiger partial charge in [-0.15, -0.1) is 0 Å². The van der Waals surface area contributed by atoms with Gasteiger partial charge in [0.05, 0.1) is 4.92 Å². The molecule has 1 aromatic carbocycles. The molecule has 0 spiro atoms. The predicted molar refractivity (Wildman–Crippen MR) is 48.9 cm³/mol. The molecule has 0 unspecified atom stereocenters. The average Bonchev–Trinajstić information content (AvgIpc) is 2.14. The molecule has 0 heterocycles. The summed E-state index contributed by atoms with van der Waals surface area (Å²) in [6.45, 7) is 0. The van der Waals surface area contributed by atoms with Gasteiger partial charge in [0.25, 0.3) is 5.69 Å². The maximum Gasteiger partial charge on any atom is 0.432 e. The summed E-state index contributed by atoms with van der Waals surface area (Å²) >= 11 is 0. The first-order valence-corrected chi connectivity index (χ1v) is 5.24. The minimum Gasteiger partial charge on any atom is -0.398 e. The monoisotopic (exact) mass is 234 g/mol. The Morgan fingerprint density at radius 3 is 2.27 bits per heavy atom. The minimum atomic E-state index is -4.47. The maximum atomic E-state index is 10.3. The molecule has 1 aromatic rings. The van der Waals surface area contributed by atoms with E-state index in [2.05, 4.69) is 4.84 Å². The number of nitro groups is 1. The molecule has 0 aliphatic heterocycles. The summed E-state index contributed by atoms with van der Waals surface area (Å²) in [5, 5.41) is 11.7. The van der Waals surface area contributed by atoms with Gasteiger partial charge in [-0.3, -0.25) is 10.1 Å². The molecule has 0 atom stereocenters. The van der Waals surface area contributed by atoms with Crippen LogP contribution in [0, 0.1) is 10.1 Å². The number of nitrogens with zero attached hydrogens (tertiary/aromatic N) is 1. The standard InChI is InChI=1S/C6H7N2O6P/c9-8(10)5-1-3-6(4-2-5)14-7-15(11,12)13/h1-4H,(H3,7,11,12,13). The van der Waals surface area contributed by atoms with E-state index in [4.69, 9.17) is 9.79 Å². The van der Waals surface area contributed by atoms with Crippen LogP contribution in [0.2, 0.25) is 0 Å². The number of hydrogen-bond donors (Lipinski definition) is 3. The summed E-state index contributed by atoms with van der Waals surface area (Å²) in [6.07, 6.45) is 0. The molecular formula is C6H7N2O6P. The molecule has 0 bridgehead atoms. The van der Waals surface area contributed by atoms with Crippen molar-refractivity contribution in [1.82, 2.24) is 5.25 Å². The lowest BCUT2D eigenvalue weighted by Gasteiger charge is -2.06. The van der Waals surface area contributed by atoms with Crippen molar-refractivity contribution in [3.8, 4) is 5.75 Å². The van der Waals surface area contributed by atoms with Crippen LogP contribution in [0.4, 0.5) is 5.69 Å². The highest BCUT2D eigenvalue weighted by Crippen LogP contribution is 2.28. The zero-order valence-electron chi connectivity index (χ0n) is 7.23. The fourth-order valence-electron chi connectivity index (χ4n) is 0.748. The van der Waals surface area contributed by atoms with Crippen LogP contribution >= 0.6 is 7.75 Å². The van der Waals surface area contributed by atoms with Crippen molar-refractivity contribution < 1.29 is 24.1 Å². The molecular weight excluding hydrogens is 227 g/mol. The van der Waals surface area contributed by atoms with Gasteiger partial charge in [0.1, 0.15) is 5.75 Å². The largest absolute Gasteiger partial charge is 0.432 e.